The molecule has 2 heterocycles. The van der Waals surface area contributed by atoms with Gasteiger partial charge in [-0.3, -0.25) is 0 Å². The molecule has 2 aromatic rings. The molecule has 0 saturated carbocycles. The number of nitrogens with zero attached hydrogens (tertiary/aromatic N) is 2. The van der Waals surface area contributed by atoms with Gasteiger partial charge in [0.15, 0.2) is 0 Å². The van der Waals surface area contributed by atoms with Crippen molar-refractivity contribution in [2.75, 3.05) is 51.8 Å². The molecule has 1 fully saturated rings. The van der Waals surface area contributed by atoms with Gasteiger partial charge < -0.3 is 19.6 Å². The minimum atomic E-state index is -0.935. The quantitative estimate of drug-likeness (QED) is 0.853. The van der Waals surface area contributed by atoms with E-state index in [1.165, 1.54) is 5.69 Å². The van der Waals surface area contributed by atoms with E-state index in [0.717, 1.165) is 66.6 Å². The molecule has 0 unspecified atom stereocenters. The van der Waals surface area contributed by atoms with Crippen LogP contribution in [0.25, 0.3) is 0 Å². The Bertz CT molecular complexity index is 805. The standard InChI is InChI=1S/C22H28N2O2S/c1-23(2)11-5-10-22(25)18-6-3-4-7-20(18)27-21-9-8-17(16-19(21)22)24-12-14-26-15-13-24/h3-4,6-9,16,25H,5,10-15H2,1-2H3/t22-/m1/s1. The van der Waals surface area contributed by atoms with Gasteiger partial charge >= 0.3 is 0 Å². The molecule has 5 heteroatoms. The first-order chi connectivity index (χ1) is 13.1. The van der Waals surface area contributed by atoms with E-state index in [1.807, 2.05) is 6.07 Å². The number of benzene rings is 2. The topological polar surface area (TPSA) is 35.9 Å². The Labute approximate surface area is 166 Å². The fraction of sp³-hybridized carbons (Fsp3) is 0.455. The highest BCUT2D eigenvalue weighted by Gasteiger charge is 2.39. The number of morpholine rings is 1. The van der Waals surface area contributed by atoms with E-state index in [4.69, 9.17) is 4.74 Å². The van der Waals surface area contributed by atoms with Crippen molar-refractivity contribution in [1.29, 1.82) is 0 Å². The fourth-order valence-corrected chi connectivity index (χ4v) is 5.23. The summed E-state index contributed by atoms with van der Waals surface area (Å²) in [5.41, 5.74) is 2.34. The third-order valence-corrected chi connectivity index (χ3v) is 6.63. The summed E-state index contributed by atoms with van der Waals surface area (Å²) in [5, 5.41) is 11.9. The average molecular weight is 385 g/mol. The molecule has 2 aromatic carbocycles. The van der Waals surface area contributed by atoms with Crippen molar-refractivity contribution in [3.05, 3.63) is 53.6 Å². The summed E-state index contributed by atoms with van der Waals surface area (Å²) in [6.45, 7) is 4.31. The summed E-state index contributed by atoms with van der Waals surface area (Å²) in [5.74, 6) is 0. The molecular weight excluding hydrogens is 356 g/mol. The Balaban J connectivity index is 1.72. The van der Waals surface area contributed by atoms with Crippen molar-refractivity contribution in [3.63, 3.8) is 0 Å². The zero-order chi connectivity index (χ0) is 18.9. The summed E-state index contributed by atoms with van der Waals surface area (Å²) in [7, 11) is 4.17. The number of fused-ring (bicyclic) bond motifs is 2. The van der Waals surface area contributed by atoms with Crippen molar-refractivity contribution in [2.45, 2.75) is 28.2 Å². The zero-order valence-electron chi connectivity index (χ0n) is 16.1. The van der Waals surface area contributed by atoms with E-state index in [1.54, 1.807) is 11.8 Å². The molecule has 1 atom stereocenters. The van der Waals surface area contributed by atoms with Gasteiger partial charge in [-0.15, -0.1) is 0 Å². The summed E-state index contributed by atoms with van der Waals surface area (Å²) in [6.07, 6.45) is 1.67. The molecule has 0 radical (unpaired) electrons. The SMILES string of the molecule is CN(C)CCC[C@@]1(O)c2ccccc2Sc2ccc(N3CCOCC3)cc21. The van der Waals surface area contributed by atoms with Gasteiger partial charge in [-0.1, -0.05) is 30.0 Å². The van der Waals surface area contributed by atoms with E-state index in [0.29, 0.717) is 0 Å². The number of anilines is 1. The maximum atomic E-state index is 11.9. The van der Waals surface area contributed by atoms with Crippen LogP contribution in [-0.2, 0) is 10.3 Å². The van der Waals surface area contributed by atoms with E-state index in [-0.39, 0.29) is 0 Å². The van der Waals surface area contributed by atoms with Crippen molar-refractivity contribution in [3.8, 4) is 0 Å². The predicted octanol–water partition coefficient (Wildman–Crippen LogP) is 3.57. The smallest absolute Gasteiger partial charge is 0.117 e. The third-order valence-electron chi connectivity index (χ3n) is 5.48. The van der Waals surface area contributed by atoms with Gasteiger partial charge in [-0.2, -0.15) is 0 Å². The van der Waals surface area contributed by atoms with Gasteiger partial charge in [-0.05, 0) is 57.7 Å². The molecule has 2 aliphatic rings. The minimum absolute atomic E-state index is 0.725. The Morgan fingerprint density at radius 2 is 1.81 bits per heavy atom. The Morgan fingerprint density at radius 3 is 2.59 bits per heavy atom. The van der Waals surface area contributed by atoms with E-state index in [9.17, 15) is 5.11 Å². The third kappa shape index (κ3) is 3.74. The van der Waals surface area contributed by atoms with E-state index in [2.05, 4.69) is 60.3 Å². The lowest BCUT2D eigenvalue weighted by atomic mass is 9.81. The molecule has 0 aliphatic carbocycles. The second-order valence-corrected chi connectivity index (χ2v) is 8.73. The van der Waals surface area contributed by atoms with E-state index >= 15 is 0 Å². The summed E-state index contributed by atoms with van der Waals surface area (Å²) >= 11 is 1.77. The molecule has 1 N–H and O–H groups in total. The molecular formula is C22H28N2O2S. The average Bonchev–Trinajstić information content (AvgIpc) is 2.68. The van der Waals surface area contributed by atoms with Gasteiger partial charge in [-0.25, -0.2) is 0 Å². The molecule has 0 spiro atoms. The predicted molar refractivity (Wildman–Crippen MR) is 111 cm³/mol. The van der Waals surface area contributed by atoms with Crippen LogP contribution in [0.1, 0.15) is 24.0 Å². The molecule has 2 aliphatic heterocycles. The molecule has 0 bridgehead atoms. The van der Waals surface area contributed by atoms with Crippen LogP contribution in [0.3, 0.4) is 0 Å². The lowest BCUT2D eigenvalue weighted by molar-refractivity contribution is 0.0600. The van der Waals surface area contributed by atoms with Crippen LogP contribution < -0.4 is 4.90 Å². The van der Waals surface area contributed by atoms with Gasteiger partial charge in [0.1, 0.15) is 5.60 Å². The highest BCUT2D eigenvalue weighted by Crippen LogP contribution is 2.50. The van der Waals surface area contributed by atoms with Gasteiger partial charge in [0.2, 0.25) is 0 Å². The maximum absolute atomic E-state index is 11.9. The monoisotopic (exact) mass is 384 g/mol. The molecule has 144 valence electrons. The number of hydrogen-bond acceptors (Lipinski definition) is 5. The van der Waals surface area contributed by atoms with Crippen LogP contribution >= 0.6 is 11.8 Å². The van der Waals surface area contributed by atoms with Crippen molar-refractivity contribution in [2.24, 2.45) is 0 Å². The summed E-state index contributed by atoms with van der Waals surface area (Å²) in [4.78, 5) is 6.86. The highest BCUT2D eigenvalue weighted by molar-refractivity contribution is 7.99. The number of rotatable bonds is 5. The maximum Gasteiger partial charge on any atom is 0.117 e. The van der Waals surface area contributed by atoms with E-state index < -0.39 is 5.60 Å². The number of hydrogen-bond donors (Lipinski definition) is 1. The van der Waals surface area contributed by atoms with Crippen molar-refractivity contribution >= 4 is 17.4 Å². The largest absolute Gasteiger partial charge is 0.380 e. The number of aliphatic hydroxyl groups is 1. The van der Waals surface area contributed by atoms with Crippen LogP contribution in [-0.4, -0.2) is 56.9 Å². The minimum Gasteiger partial charge on any atom is -0.380 e. The van der Waals surface area contributed by atoms with Crippen molar-refractivity contribution < 1.29 is 9.84 Å². The first-order valence-electron chi connectivity index (χ1n) is 9.69. The van der Waals surface area contributed by atoms with Gasteiger partial charge in [0, 0.05) is 39.7 Å². The number of ether oxygens (including phenoxy) is 1. The second kappa shape index (κ2) is 7.84. The molecule has 4 nitrogen and oxygen atoms in total. The normalized spacial score (nSPS) is 21.9. The molecule has 4 rings (SSSR count). The van der Waals surface area contributed by atoms with Crippen LogP contribution in [0, 0.1) is 0 Å². The molecule has 0 aromatic heterocycles. The summed E-state index contributed by atoms with van der Waals surface area (Å²) < 4.78 is 5.50. The first kappa shape index (κ1) is 18.8. The van der Waals surface area contributed by atoms with Crippen LogP contribution in [0.4, 0.5) is 5.69 Å². The lowest BCUT2D eigenvalue weighted by Gasteiger charge is -2.38. The van der Waals surface area contributed by atoms with Gasteiger partial charge in [0.25, 0.3) is 0 Å². The Kier molecular flexibility index (Phi) is 5.46. The lowest BCUT2D eigenvalue weighted by Crippen LogP contribution is -2.37. The highest BCUT2D eigenvalue weighted by atomic mass is 32.2. The molecule has 27 heavy (non-hydrogen) atoms. The Hall–Kier alpha value is -1.53. The fourth-order valence-electron chi connectivity index (χ4n) is 4.03. The zero-order valence-corrected chi connectivity index (χ0v) is 17.0. The first-order valence-corrected chi connectivity index (χ1v) is 10.5. The summed E-state index contributed by atoms with van der Waals surface area (Å²) in [6, 6.07) is 14.9. The van der Waals surface area contributed by atoms with Gasteiger partial charge in [0.05, 0.1) is 13.2 Å². The van der Waals surface area contributed by atoms with Crippen LogP contribution in [0.15, 0.2) is 52.3 Å². The van der Waals surface area contributed by atoms with Crippen molar-refractivity contribution in [1.82, 2.24) is 4.90 Å². The molecule has 1 saturated heterocycles. The van der Waals surface area contributed by atoms with Crippen LogP contribution in [0.5, 0.6) is 0 Å². The van der Waals surface area contributed by atoms with Crippen LogP contribution in [0.2, 0.25) is 0 Å². The molecule has 0 amide bonds. The second-order valence-electron chi connectivity index (χ2n) is 7.65. The Morgan fingerprint density at radius 1 is 1.07 bits per heavy atom.